The Labute approximate surface area is 137 Å². The molecule has 0 aliphatic rings. The molecule has 4 nitrogen and oxygen atoms in total. The van der Waals surface area contributed by atoms with Gasteiger partial charge in [0.05, 0.1) is 17.7 Å². The van der Waals surface area contributed by atoms with E-state index in [0.717, 1.165) is 0 Å². The van der Waals surface area contributed by atoms with Gasteiger partial charge in [-0.25, -0.2) is 12.8 Å². The van der Waals surface area contributed by atoms with E-state index in [4.69, 9.17) is 4.74 Å². The highest BCUT2D eigenvalue weighted by atomic mass is 79.9. The third-order valence-electron chi connectivity index (χ3n) is 3.16. The second-order valence-corrected chi connectivity index (χ2v) is 7.38. The van der Waals surface area contributed by atoms with E-state index in [2.05, 4.69) is 20.7 Å². The minimum Gasteiger partial charge on any atom is -0.496 e. The van der Waals surface area contributed by atoms with Gasteiger partial charge in [0.15, 0.2) is 0 Å². The highest BCUT2D eigenvalue weighted by Gasteiger charge is 2.20. The normalized spacial score (nSPS) is 11.3. The number of benzene rings is 2. The van der Waals surface area contributed by atoms with E-state index in [-0.39, 0.29) is 10.6 Å². The number of methoxy groups -OCH3 is 1. The van der Waals surface area contributed by atoms with Crippen molar-refractivity contribution in [1.29, 1.82) is 0 Å². The molecule has 1 N–H and O–H groups in total. The van der Waals surface area contributed by atoms with Crippen LogP contribution in [0.4, 0.5) is 10.1 Å². The first kappa shape index (κ1) is 16.8. The van der Waals surface area contributed by atoms with Gasteiger partial charge in [-0.3, -0.25) is 4.72 Å². The summed E-state index contributed by atoms with van der Waals surface area (Å²) in [4.78, 5) is 0.0909. The van der Waals surface area contributed by atoms with Crippen LogP contribution in [0.5, 0.6) is 5.75 Å². The Kier molecular flexibility index (Phi) is 4.77. The van der Waals surface area contributed by atoms with Crippen LogP contribution in [0.3, 0.4) is 0 Å². The number of hydrogen-bond donors (Lipinski definition) is 1. The van der Waals surface area contributed by atoms with Crippen molar-refractivity contribution in [2.24, 2.45) is 0 Å². The molecule has 2 aromatic rings. The molecule has 0 amide bonds. The lowest BCUT2D eigenvalue weighted by molar-refractivity contribution is 0.411. The van der Waals surface area contributed by atoms with Crippen molar-refractivity contribution in [2.75, 3.05) is 11.8 Å². The molecule has 0 spiro atoms. The van der Waals surface area contributed by atoms with Crippen LogP contribution in [-0.2, 0) is 10.0 Å². The van der Waals surface area contributed by atoms with E-state index in [0.29, 0.717) is 21.3 Å². The Bertz CT molecular complexity index is 822. The van der Waals surface area contributed by atoms with Gasteiger partial charge in [0, 0.05) is 4.47 Å². The molecule has 0 radical (unpaired) electrons. The summed E-state index contributed by atoms with van der Waals surface area (Å²) in [6.07, 6.45) is 0. The highest BCUT2D eigenvalue weighted by Crippen LogP contribution is 2.28. The Morgan fingerprint density at radius 2 is 1.82 bits per heavy atom. The molecule has 0 aromatic heterocycles. The zero-order valence-electron chi connectivity index (χ0n) is 12.3. The highest BCUT2D eigenvalue weighted by molar-refractivity contribution is 9.10. The summed E-state index contributed by atoms with van der Waals surface area (Å²) in [5.41, 5.74) is 1.10. The van der Waals surface area contributed by atoms with Gasteiger partial charge in [0.25, 0.3) is 10.0 Å². The van der Waals surface area contributed by atoms with Crippen LogP contribution in [0, 0.1) is 19.7 Å². The molecular weight excluding hydrogens is 373 g/mol. The summed E-state index contributed by atoms with van der Waals surface area (Å²) in [5.74, 6) is -0.0490. The molecular formula is C15H15BrFNO3S. The third-order valence-corrected chi connectivity index (χ3v) is 5.16. The van der Waals surface area contributed by atoms with Crippen LogP contribution in [-0.4, -0.2) is 15.5 Å². The molecule has 0 bridgehead atoms. The number of sulfonamides is 1. The number of aryl methyl sites for hydroxylation is 2. The molecule has 0 saturated carbocycles. The summed E-state index contributed by atoms with van der Waals surface area (Å²) in [7, 11) is -2.37. The number of anilines is 1. The van der Waals surface area contributed by atoms with Crippen molar-refractivity contribution in [1.82, 2.24) is 0 Å². The van der Waals surface area contributed by atoms with Gasteiger partial charge in [-0.05, 0) is 55.3 Å². The Balaban J connectivity index is 2.45. The quantitative estimate of drug-likeness (QED) is 0.861. The minimum absolute atomic E-state index is 0.0909. The second kappa shape index (κ2) is 6.26. The zero-order chi connectivity index (χ0) is 16.5. The van der Waals surface area contributed by atoms with Crippen molar-refractivity contribution in [3.63, 3.8) is 0 Å². The number of halogens is 2. The fourth-order valence-corrected chi connectivity index (χ4v) is 3.76. The molecule has 0 aliphatic heterocycles. The fourth-order valence-electron chi connectivity index (χ4n) is 2.04. The largest absolute Gasteiger partial charge is 0.496 e. The maximum absolute atomic E-state index is 13.8. The summed E-state index contributed by atoms with van der Waals surface area (Å²) >= 11 is 3.13. The lowest BCUT2D eigenvalue weighted by Crippen LogP contribution is -2.15. The molecule has 7 heteroatoms. The van der Waals surface area contributed by atoms with Crippen molar-refractivity contribution in [3.8, 4) is 5.75 Å². The van der Waals surface area contributed by atoms with Gasteiger partial charge in [0.1, 0.15) is 11.6 Å². The van der Waals surface area contributed by atoms with E-state index < -0.39 is 15.8 Å². The molecule has 2 aromatic carbocycles. The van der Waals surface area contributed by atoms with Gasteiger partial charge in [-0.2, -0.15) is 0 Å². The predicted octanol–water partition coefficient (Wildman–Crippen LogP) is 4.01. The number of rotatable bonds is 4. The minimum atomic E-state index is -3.89. The van der Waals surface area contributed by atoms with Gasteiger partial charge in [-0.1, -0.05) is 15.9 Å². The first-order chi connectivity index (χ1) is 10.2. The Morgan fingerprint density at radius 3 is 2.41 bits per heavy atom. The van der Waals surface area contributed by atoms with Crippen LogP contribution in [0.15, 0.2) is 39.7 Å². The fraction of sp³-hybridized carbons (Fsp3) is 0.200. The van der Waals surface area contributed by atoms with Crippen LogP contribution < -0.4 is 9.46 Å². The first-order valence-corrected chi connectivity index (χ1v) is 8.65. The summed E-state index contributed by atoms with van der Waals surface area (Å²) in [6, 6.07) is 7.27. The Hall–Kier alpha value is -1.60. The third kappa shape index (κ3) is 3.41. The van der Waals surface area contributed by atoms with Crippen molar-refractivity contribution < 1.29 is 17.5 Å². The molecule has 0 fully saturated rings. The van der Waals surface area contributed by atoms with Gasteiger partial charge in [-0.15, -0.1) is 0 Å². The molecule has 22 heavy (non-hydrogen) atoms. The lowest BCUT2D eigenvalue weighted by atomic mass is 10.1. The average molecular weight is 388 g/mol. The Morgan fingerprint density at radius 1 is 1.14 bits per heavy atom. The van der Waals surface area contributed by atoms with Crippen LogP contribution >= 0.6 is 15.9 Å². The van der Waals surface area contributed by atoms with Crippen LogP contribution in [0.2, 0.25) is 0 Å². The zero-order valence-corrected chi connectivity index (χ0v) is 14.7. The smallest absolute Gasteiger partial charge is 0.262 e. The SMILES string of the molecule is COc1cc(C)c(S(=O)(=O)Nc2ccc(Br)cc2F)cc1C. The van der Waals surface area contributed by atoms with E-state index >= 15 is 0 Å². The van der Waals surface area contributed by atoms with Crippen LogP contribution in [0.25, 0.3) is 0 Å². The molecule has 0 atom stereocenters. The number of hydrogen-bond acceptors (Lipinski definition) is 3. The lowest BCUT2D eigenvalue weighted by Gasteiger charge is -2.14. The van der Waals surface area contributed by atoms with Gasteiger partial charge in [0.2, 0.25) is 0 Å². The van der Waals surface area contributed by atoms with Gasteiger partial charge < -0.3 is 4.74 Å². The topological polar surface area (TPSA) is 55.4 Å². The maximum Gasteiger partial charge on any atom is 0.262 e. The predicted molar refractivity (Wildman–Crippen MR) is 87.4 cm³/mol. The monoisotopic (exact) mass is 387 g/mol. The van der Waals surface area contributed by atoms with Crippen molar-refractivity contribution >= 4 is 31.6 Å². The standard InChI is InChI=1S/C15H15BrFNO3S/c1-9-7-15(10(2)6-14(9)21-3)22(19,20)18-13-5-4-11(16)8-12(13)17/h4-8,18H,1-3H3. The summed E-state index contributed by atoms with van der Waals surface area (Å²) < 4.78 is 46.7. The molecule has 0 saturated heterocycles. The van der Waals surface area contributed by atoms with E-state index in [9.17, 15) is 12.8 Å². The van der Waals surface area contributed by atoms with E-state index in [1.807, 2.05) is 0 Å². The number of ether oxygens (including phenoxy) is 1. The summed E-state index contributed by atoms with van der Waals surface area (Å²) in [5, 5.41) is 0. The van der Waals surface area contributed by atoms with E-state index in [1.54, 1.807) is 26.0 Å². The summed E-state index contributed by atoms with van der Waals surface area (Å²) in [6.45, 7) is 3.41. The molecule has 118 valence electrons. The van der Waals surface area contributed by atoms with Gasteiger partial charge >= 0.3 is 0 Å². The van der Waals surface area contributed by atoms with Crippen molar-refractivity contribution in [3.05, 3.63) is 51.7 Å². The number of nitrogens with one attached hydrogen (secondary N) is 1. The van der Waals surface area contributed by atoms with Crippen molar-refractivity contribution in [2.45, 2.75) is 18.7 Å². The molecule has 0 aliphatic carbocycles. The van der Waals surface area contributed by atoms with Crippen LogP contribution in [0.1, 0.15) is 11.1 Å². The molecule has 0 heterocycles. The molecule has 2 rings (SSSR count). The van der Waals surface area contributed by atoms with E-state index in [1.165, 1.54) is 25.3 Å². The molecule has 0 unspecified atom stereocenters. The first-order valence-electron chi connectivity index (χ1n) is 6.37. The maximum atomic E-state index is 13.8. The second-order valence-electron chi connectivity index (χ2n) is 4.82. The average Bonchev–Trinajstić information content (AvgIpc) is 2.43.